The second-order valence-electron chi connectivity index (χ2n) is 5.74. The van der Waals surface area contributed by atoms with Gasteiger partial charge in [-0.25, -0.2) is 4.79 Å². The van der Waals surface area contributed by atoms with E-state index in [2.05, 4.69) is 14.9 Å². The van der Waals surface area contributed by atoms with E-state index in [-0.39, 0.29) is 6.61 Å². The summed E-state index contributed by atoms with van der Waals surface area (Å²) in [5.41, 5.74) is 3.05. The van der Waals surface area contributed by atoms with Crippen molar-refractivity contribution < 1.29 is 18.8 Å². The Balaban J connectivity index is 1.69. The Kier molecular flexibility index (Phi) is 5.23. The van der Waals surface area contributed by atoms with Crippen molar-refractivity contribution in [3.8, 4) is 17.2 Å². The highest BCUT2D eigenvalue weighted by Crippen LogP contribution is 2.26. The van der Waals surface area contributed by atoms with Gasteiger partial charge in [0.1, 0.15) is 5.75 Å². The van der Waals surface area contributed by atoms with E-state index in [1.54, 1.807) is 24.3 Å². The summed E-state index contributed by atoms with van der Waals surface area (Å²) in [6, 6.07) is 10.4. The predicted octanol–water partition coefficient (Wildman–Crippen LogP) is 4.37. The molecule has 0 bridgehead atoms. The number of aryl methyl sites for hydroxylation is 2. The standard InChI is InChI=1S/C19H17ClN2O4/c1-11-8-15(9-12(2)17(11)20)25-10-16-21-18(26-22-16)13-4-6-14(7-5-13)19(23)24-3/h4-9H,10H2,1-3H3. The summed E-state index contributed by atoms with van der Waals surface area (Å²) in [7, 11) is 1.34. The molecule has 0 aliphatic heterocycles. The van der Waals surface area contributed by atoms with Gasteiger partial charge in [0.25, 0.3) is 5.89 Å². The summed E-state index contributed by atoms with van der Waals surface area (Å²) in [6.07, 6.45) is 0. The molecule has 0 fully saturated rings. The fraction of sp³-hybridized carbons (Fsp3) is 0.211. The first kappa shape index (κ1) is 17.9. The van der Waals surface area contributed by atoms with Crippen LogP contribution in [0.1, 0.15) is 27.3 Å². The highest BCUT2D eigenvalue weighted by molar-refractivity contribution is 6.32. The van der Waals surface area contributed by atoms with Crippen molar-refractivity contribution in [2.75, 3.05) is 7.11 Å². The molecular formula is C19H17ClN2O4. The molecule has 0 saturated carbocycles. The molecule has 26 heavy (non-hydrogen) atoms. The van der Waals surface area contributed by atoms with E-state index < -0.39 is 5.97 Å². The van der Waals surface area contributed by atoms with Crippen LogP contribution in [-0.4, -0.2) is 23.2 Å². The third-order valence-electron chi connectivity index (χ3n) is 3.80. The van der Waals surface area contributed by atoms with Gasteiger partial charge in [0.2, 0.25) is 5.82 Å². The van der Waals surface area contributed by atoms with Crippen molar-refractivity contribution in [2.45, 2.75) is 20.5 Å². The quantitative estimate of drug-likeness (QED) is 0.619. The highest BCUT2D eigenvalue weighted by Gasteiger charge is 2.12. The molecule has 0 aliphatic carbocycles. The van der Waals surface area contributed by atoms with E-state index in [4.69, 9.17) is 20.9 Å². The van der Waals surface area contributed by atoms with E-state index in [1.807, 2.05) is 26.0 Å². The summed E-state index contributed by atoms with van der Waals surface area (Å²) in [4.78, 5) is 15.8. The number of hydrogen-bond donors (Lipinski definition) is 0. The van der Waals surface area contributed by atoms with Gasteiger partial charge in [0.05, 0.1) is 12.7 Å². The minimum absolute atomic E-state index is 0.171. The van der Waals surface area contributed by atoms with Gasteiger partial charge >= 0.3 is 5.97 Å². The van der Waals surface area contributed by atoms with Gasteiger partial charge in [-0.05, 0) is 61.4 Å². The van der Waals surface area contributed by atoms with Crippen LogP contribution in [0, 0.1) is 13.8 Å². The zero-order valence-electron chi connectivity index (χ0n) is 14.6. The molecule has 6 nitrogen and oxygen atoms in total. The molecule has 2 aromatic carbocycles. The molecule has 1 aromatic heterocycles. The zero-order valence-corrected chi connectivity index (χ0v) is 15.3. The van der Waals surface area contributed by atoms with Crippen molar-refractivity contribution in [3.63, 3.8) is 0 Å². The van der Waals surface area contributed by atoms with Gasteiger partial charge in [-0.2, -0.15) is 4.98 Å². The van der Waals surface area contributed by atoms with Crippen molar-refractivity contribution in [1.82, 2.24) is 10.1 Å². The summed E-state index contributed by atoms with van der Waals surface area (Å²) >= 11 is 6.15. The van der Waals surface area contributed by atoms with Crippen molar-refractivity contribution in [3.05, 3.63) is 63.9 Å². The lowest BCUT2D eigenvalue weighted by atomic mass is 10.1. The van der Waals surface area contributed by atoms with E-state index in [0.29, 0.717) is 28.6 Å². The molecule has 0 N–H and O–H groups in total. The lowest BCUT2D eigenvalue weighted by Gasteiger charge is -2.08. The molecule has 3 aromatic rings. The number of esters is 1. The summed E-state index contributed by atoms with van der Waals surface area (Å²) in [5.74, 6) is 1.06. The second-order valence-corrected chi connectivity index (χ2v) is 6.12. The number of rotatable bonds is 5. The Labute approximate surface area is 155 Å². The summed E-state index contributed by atoms with van der Waals surface area (Å²) in [6.45, 7) is 4.02. The molecular weight excluding hydrogens is 356 g/mol. The van der Waals surface area contributed by atoms with Gasteiger partial charge in [0.15, 0.2) is 6.61 Å². The van der Waals surface area contributed by atoms with Crippen molar-refractivity contribution in [1.29, 1.82) is 0 Å². The van der Waals surface area contributed by atoms with Crippen LogP contribution in [0.25, 0.3) is 11.5 Å². The van der Waals surface area contributed by atoms with Gasteiger partial charge in [-0.15, -0.1) is 0 Å². The average Bonchev–Trinajstić information content (AvgIpc) is 3.13. The number of aromatic nitrogens is 2. The fourth-order valence-corrected chi connectivity index (χ4v) is 2.54. The lowest BCUT2D eigenvalue weighted by molar-refractivity contribution is 0.0600. The van der Waals surface area contributed by atoms with Crippen LogP contribution in [0.4, 0.5) is 0 Å². The first-order chi connectivity index (χ1) is 12.5. The monoisotopic (exact) mass is 372 g/mol. The van der Waals surface area contributed by atoms with Gasteiger partial charge < -0.3 is 14.0 Å². The predicted molar refractivity (Wildman–Crippen MR) is 96.3 cm³/mol. The molecule has 0 spiro atoms. The Morgan fingerprint density at radius 1 is 1.15 bits per heavy atom. The number of hydrogen-bond acceptors (Lipinski definition) is 6. The maximum absolute atomic E-state index is 11.5. The van der Waals surface area contributed by atoms with Gasteiger partial charge in [-0.1, -0.05) is 16.8 Å². The van der Waals surface area contributed by atoms with E-state index >= 15 is 0 Å². The number of halogens is 1. The van der Waals surface area contributed by atoms with E-state index in [9.17, 15) is 4.79 Å². The Bertz CT molecular complexity index is 912. The molecule has 3 rings (SSSR count). The maximum atomic E-state index is 11.5. The lowest BCUT2D eigenvalue weighted by Crippen LogP contribution is -2.00. The first-order valence-electron chi connectivity index (χ1n) is 7.89. The number of benzene rings is 2. The van der Waals surface area contributed by atoms with Crippen molar-refractivity contribution >= 4 is 17.6 Å². The third kappa shape index (κ3) is 3.86. The van der Waals surface area contributed by atoms with Crippen molar-refractivity contribution in [2.24, 2.45) is 0 Å². The average molecular weight is 373 g/mol. The fourth-order valence-electron chi connectivity index (χ4n) is 2.43. The second kappa shape index (κ2) is 7.58. The SMILES string of the molecule is COC(=O)c1ccc(-c2nc(COc3cc(C)c(Cl)c(C)c3)no2)cc1. The first-order valence-corrected chi connectivity index (χ1v) is 8.26. The Morgan fingerprint density at radius 3 is 2.42 bits per heavy atom. The van der Waals surface area contributed by atoms with Crippen LogP contribution in [0.3, 0.4) is 0 Å². The van der Waals surface area contributed by atoms with Crippen LogP contribution in [-0.2, 0) is 11.3 Å². The molecule has 134 valence electrons. The highest BCUT2D eigenvalue weighted by atomic mass is 35.5. The van der Waals surface area contributed by atoms with Crippen LogP contribution >= 0.6 is 11.6 Å². The molecule has 0 unspecified atom stereocenters. The molecule has 0 saturated heterocycles. The summed E-state index contributed by atoms with van der Waals surface area (Å²) < 4.78 is 15.6. The number of nitrogens with zero attached hydrogens (tertiary/aromatic N) is 2. The molecule has 7 heteroatoms. The minimum atomic E-state index is -0.398. The molecule has 0 aliphatic rings. The smallest absolute Gasteiger partial charge is 0.337 e. The molecule has 0 amide bonds. The Hall–Kier alpha value is -2.86. The van der Waals surface area contributed by atoms with Gasteiger partial charge in [-0.3, -0.25) is 0 Å². The summed E-state index contributed by atoms with van der Waals surface area (Å²) in [5, 5.41) is 4.65. The van der Waals surface area contributed by atoms with Crippen LogP contribution in [0.15, 0.2) is 40.9 Å². The van der Waals surface area contributed by atoms with Crippen LogP contribution < -0.4 is 4.74 Å². The largest absolute Gasteiger partial charge is 0.485 e. The van der Waals surface area contributed by atoms with E-state index in [0.717, 1.165) is 16.1 Å². The van der Waals surface area contributed by atoms with Crippen LogP contribution in [0.2, 0.25) is 5.02 Å². The number of carbonyl (C=O) groups excluding carboxylic acids is 1. The molecule has 1 heterocycles. The topological polar surface area (TPSA) is 74.5 Å². The van der Waals surface area contributed by atoms with E-state index in [1.165, 1.54) is 7.11 Å². The number of carbonyl (C=O) groups is 1. The molecule has 0 radical (unpaired) electrons. The van der Waals surface area contributed by atoms with Crippen LogP contribution in [0.5, 0.6) is 5.75 Å². The normalized spacial score (nSPS) is 10.6. The number of ether oxygens (including phenoxy) is 2. The Morgan fingerprint density at radius 2 is 1.81 bits per heavy atom. The zero-order chi connectivity index (χ0) is 18.7. The molecule has 0 atom stereocenters. The number of methoxy groups -OCH3 is 1. The minimum Gasteiger partial charge on any atom is -0.485 e. The maximum Gasteiger partial charge on any atom is 0.337 e. The third-order valence-corrected chi connectivity index (χ3v) is 4.40. The van der Waals surface area contributed by atoms with Gasteiger partial charge in [0, 0.05) is 10.6 Å².